The van der Waals surface area contributed by atoms with E-state index in [1.165, 1.54) is 6.92 Å². The van der Waals surface area contributed by atoms with E-state index in [-0.39, 0.29) is 0 Å². The van der Waals surface area contributed by atoms with E-state index in [9.17, 15) is 9.59 Å². The normalized spacial score (nSPS) is 11.9. The molecule has 0 aliphatic carbocycles. The molecule has 0 radical (unpaired) electrons. The van der Waals surface area contributed by atoms with Gasteiger partial charge in [0.1, 0.15) is 11.5 Å². The molecule has 0 saturated carbocycles. The number of hydrogen-bond acceptors (Lipinski definition) is 5. The molecule has 3 rings (SSSR count). The Labute approximate surface area is 187 Å². The summed E-state index contributed by atoms with van der Waals surface area (Å²) in [6.45, 7) is 1.53. The number of benzene rings is 3. The zero-order chi connectivity index (χ0) is 22.9. The maximum Gasteiger partial charge on any atom is 0.339 e. The number of amides is 1. The summed E-state index contributed by atoms with van der Waals surface area (Å²) >= 11 is 0. The van der Waals surface area contributed by atoms with E-state index in [1.807, 2.05) is 54.6 Å². The Balaban J connectivity index is 1.80. The summed E-state index contributed by atoms with van der Waals surface area (Å²) in [6, 6.07) is 23.4. The lowest BCUT2D eigenvalue weighted by Gasteiger charge is -2.16. The molecule has 1 atom stereocenters. The molecule has 3 aromatic carbocycles. The second-order valence-corrected chi connectivity index (χ2v) is 6.93. The van der Waals surface area contributed by atoms with Gasteiger partial charge in [0, 0.05) is 11.3 Å². The van der Waals surface area contributed by atoms with E-state index in [4.69, 9.17) is 14.2 Å². The SMILES string of the molecule is COc1ccc(NC(=O)C(C)OC(=O)/C(=C/c2ccccc2OC)c2ccccc2)cc1. The molecule has 0 fully saturated rings. The molecule has 6 nitrogen and oxygen atoms in total. The Morgan fingerprint density at radius 2 is 1.50 bits per heavy atom. The molecule has 1 amide bonds. The van der Waals surface area contributed by atoms with Crippen molar-refractivity contribution in [3.05, 3.63) is 90.0 Å². The van der Waals surface area contributed by atoms with Crippen LogP contribution in [-0.4, -0.2) is 32.2 Å². The highest BCUT2D eigenvalue weighted by atomic mass is 16.5. The van der Waals surface area contributed by atoms with E-state index in [0.717, 1.165) is 5.56 Å². The molecule has 1 N–H and O–H groups in total. The van der Waals surface area contributed by atoms with Gasteiger partial charge in [0.25, 0.3) is 5.91 Å². The van der Waals surface area contributed by atoms with Crippen molar-refractivity contribution in [2.45, 2.75) is 13.0 Å². The van der Waals surface area contributed by atoms with Gasteiger partial charge in [0.2, 0.25) is 0 Å². The highest BCUT2D eigenvalue weighted by Crippen LogP contribution is 2.26. The summed E-state index contributed by atoms with van der Waals surface area (Å²) < 4.78 is 16.0. The Bertz CT molecular complexity index is 1090. The van der Waals surface area contributed by atoms with Gasteiger partial charge in [-0.25, -0.2) is 4.79 Å². The number of hydrogen-bond donors (Lipinski definition) is 1. The molecule has 164 valence electrons. The molecule has 0 bridgehead atoms. The van der Waals surface area contributed by atoms with Crippen molar-refractivity contribution in [3.63, 3.8) is 0 Å². The van der Waals surface area contributed by atoms with Crippen molar-refractivity contribution in [1.82, 2.24) is 0 Å². The number of para-hydroxylation sites is 1. The average Bonchev–Trinajstić information content (AvgIpc) is 2.83. The first-order valence-corrected chi connectivity index (χ1v) is 10.1. The van der Waals surface area contributed by atoms with Gasteiger partial charge in [-0.05, 0) is 48.9 Å². The summed E-state index contributed by atoms with van der Waals surface area (Å²) in [6.07, 6.45) is 0.694. The van der Waals surface area contributed by atoms with Gasteiger partial charge in [-0.1, -0.05) is 48.5 Å². The van der Waals surface area contributed by atoms with Crippen molar-refractivity contribution < 1.29 is 23.8 Å². The maximum atomic E-state index is 13.1. The van der Waals surface area contributed by atoms with Crippen LogP contribution >= 0.6 is 0 Å². The van der Waals surface area contributed by atoms with E-state index in [2.05, 4.69) is 5.32 Å². The largest absolute Gasteiger partial charge is 0.497 e. The quantitative estimate of drug-likeness (QED) is 0.315. The molecular weight excluding hydrogens is 406 g/mol. The maximum absolute atomic E-state index is 13.1. The van der Waals surface area contributed by atoms with Crippen LogP contribution < -0.4 is 14.8 Å². The fraction of sp³-hybridized carbons (Fsp3) is 0.154. The third kappa shape index (κ3) is 5.76. The molecule has 32 heavy (non-hydrogen) atoms. The Hall–Kier alpha value is -4.06. The number of esters is 1. The standard InChI is InChI=1S/C26H25NO5/c1-18(25(28)27-21-13-15-22(30-2)16-14-21)32-26(29)23(19-9-5-4-6-10-19)17-20-11-7-8-12-24(20)31-3/h4-18H,1-3H3,(H,27,28)/b23-17+. The van der Waals surface area contributed by atoms with Crippen molar-refractivity contribution in [1.29, 1.82) is 0 Å². The zero-order valence-corrected chi connectivity index (χ0v) is 18.2. The number of rotatable bonds is 8. The molecule has 6 heteroatoms. The van der Waals surface area contributed by atoms with Gasteiger partial charge in [-0.15, -0.1) is 0 Å². The zero-order valence-electron chi connectivity index (χ0n) is 18.2. The van der Waals surface area contributed by atoms with Crippen LogP contribution in [0.2, 0.25) is 0 Å². The third-order valence-corrected chi connectivity index (χ3v) is 4.75. The molecule has 0 spiro atoms. The molecule has 0 aliphatic rings. The van der Waals surface area contributed by atoms with E-state index < -0.39 is 18.0 Å². The molecular formula is C26H25NO5. The van der Waals surface area contributed by atoms with Crippen molar-refractivity contribution >= 4 is 29.2 Å². The highest BCUT2D eigenvalue weighted by Gasteiger charge is 2.22. The summed E-state index contributed by atoms with van der Waals surface area (Å²) in [5, 5.41) is 2.73. The molecule has 0 heterocycles. The van der Waals surface area contributed by atoms with E-state index in [0.29, 0.717) is 28.3 Å². The van der Waals surface area contributed by atoms with Crippen LogP contribution in [0.4, 0.5) is 5.69 Å². The highest BCUT2D eigenvalue weighted by molar-refractivity contribution is 6.22. The van der Waals surface area contributed by atoms with Crippen molar-refractivity contribution in [2.24, 2.45) is 0 Å². The summed E-state index contributed by atoms with van der Waals surface area (Å²) in [7, 11) is 3.14. The van der Waals surface area contributed by atoms with Crippen LogP contribution in [0, 0.1) is 0 Å². The summed E-state index contributed by atoms with van der Waals surface area (Å²) in [5.74, 6) is 0.253. The summed E-state index contributed by atoms with van der Waals surface area (Å²) in [4.78, 5) is 25.6. The minimum Gasteiger partial charge on any atom is -0.497 e. The fourth-order valence-electron chi connectivity index (χ4n) is 3.01. The fourth-order valence-corrected chi connectivity index (χ4v) is 3.01. The van der Waals surface area contributed by atoms with Crippen LogP contribution in [0.15, 0.2) is 78.9 Å². The third-order valence-electron chi connectivity index (χ3n) is 4.75. The molecule has 3 aromatic rings. The predicted molar refractivity (Wildman–Crippen MR) is 124 cm³/mol. The van der Waals surface area contributed by atoms with Crippen molar-refractivity contribution in [3.8, 4) is 11.5 Å². The number of nitrogens with one attached hydrogen (secondary N) is 1. The van der Waals surface area contributed by atoms with Crippen molar-refractivity contribution in [2.75, 3.05) is 19.5 Å². The van der Waals surface area contributed by atoms with Gasteiger partial charge in [-0.2, -0.15) is 0 Å². The Morgan fingerprint density at radius 1 is 0.844 bits per heavy atom. The average molecular weight is 431 g/mol. The first kappa shape index (κ1) is 22.6. The van der Waals surface area contributed by atoms with Gasteiger partial charge >= 0.3 is 5.97 Å². The predicted octanol–water partition coefficient (Wildman–Crippen LogP) is 4.81. The number of carbonyl (C=O) groups is 2. The molecule has 0 aromatic heterocycles. The lowest BCUT2D eigenvalue weighted by molar-refractivity contribution is -0.147. The lowest BCUT2D eigenvalue weighted by atomic mass is 10.0. The molecule has 1 unspecified atom stereocenters. The Morgan fingerprint density at radius 3 is 2.16 bits per heavy atom. The first-order chi connectivity index (χ1) is 15.5. The smallest absolute Gasteiger partial charge is 0.339 e. The monoisotopic (exact) mass is 431 g/mol. The van der Waals surface area contributed by atoms with Crippen LogP contribution in [0.25, 0.3) is 11.6 Å². The number of ether oxygens (including phenoxy) is 3. The van der Waals surface area contributed by atoms with Crippen LogP contribution in [0.1, 0.15) is 18.1 Å². The topological polar surface area (TPSA) is 73.9 Å². The first-order valence-electron chi connectivity index (χ1n) is 10.1. The number of anilines is 1. The lowest BCUT2D eigenvalue weighted by Crippen LogP contribution is -2.30. The van der Waals surface area contributed by atoms with Gasteiger partial charge in [0.05, 0.1) is 19.8 Å². The second kappa shape index (κ2) is 10.8. The molecule has 0 aliphatic heterocycles. The van der Waals surface area contributed by atoms with Crippen LogP contribution in [-0.2, 0) is 14.3 Å². The van der Waals surface area contributed by atoms with Gasteiger partial charge in [-0.3, -0.25) is 4.79 Å². The van der Waals surface area contributed by atoms with Gasteiger partial charge in [0.15, 0.2) is 6.10 Å². The minimum atomic E-state index is -1.01. The second-order valence-electron chi connectivity index (χ2n) is 6.93. The number of carbonyl (C=O) groups excluding carboxylic acids is 2. The molecule has 0 saturated heterocycles. The van der Waals surface area contributed by atoms with E-state index >= 15 is 0 Å². The Kier molecular flexibility index (Phi) is 7.65. The van der Waals surface area contributed by atoms with Gasteiger partial charge < -0.3 is 19.5 Å². The minimum absolute atomic E-state index is 0.319. The number of methoxy groups -OCH3 is 2. The van der Waals surface area contributed by atoms with E-state index in [1.54, 1.807) is 44.6 Å². The van der Waals surface area contributed by atoms with Crippen LogP contribution in [0.3, 0.4) is 0 Å². The summed E-state index contributed by atoms with van der Waals surface area (Å²) in [5.41, 5.74) is 2.29. The van der Waals surface area contributed by atoms with Crippen LogP contribution in [0.5, 0.6) is 11.5 Å².